The van der Waals surface area contributed by atoms with Gasteiger partial charge >= 0.3 is 0 Å². The van der Waals surface area contributed by atoms with Crippen molar-refractivity contribution in [1.29, 1.82) is 0 Å². The Morgan fingerprint density at radius 1 is 0.917 bits per heavy atom. The molecule has 5 rings (SSSR count). The molecule has 36 heavy (non-hydrogen) atoms. The third-order valence-corrected chi connectivity index (χ3v) is 8.08. The zero-order valence-electron chi connectivity index (χ0n) is 21.2. The molecule has 1 aliphatic heterocycles. The molecule has 0 aliphatic carbocycles. The number of benzene rings is 2. The number of ether oxygens (including phenoxy) is 1. The van der Waals surface area contributed by atoms with Crippen LogP contribution in [-0.2, 0) is 24.1 Å². The summed E-state index contributed by atoms with van der Waals surface area (Å²) in [5.74, 6) is 2.88. The number of carbonyl (C=O) groups is 1. The minimum Gasteiger partial charge on any atom is -0.497 e. The van der Waals surface area contributed by atoms with Gasteiger partial charge in [0.2, 0.25) is 5.91 Å². The van der Waals surface area contributed by atoms with Crippen molar-refractivity contribution in [1.82, 2.24) is 14.9 Å². The first-order chi connectivity index (χ1) is 17.5. The Kier molecular flexibility index (Phi) is 7.18. The van der Waals surface area contributed by atoms with Gasteiger partial charge in [0.1, 0.15) is 22.2 Å². The molecule has 3 heterocycles. The SMILES string of the molecule is COc1ccc(CC(=O)N2CCN(c3nc(CCc4ccccc4)nc4sc(C)c(C)c34)CC2)cc1. The number of piperazine rings is 1. The Balaban J connectivity index is 1.30. The van der Waals surface area contributed by atoms with Crippen molar-refractivity contribution in [2.75, 3.05) is 38.2 Å². The molecule has 0 unspecified atom stereocenters. The minimum absolute atomic E-state index is 0.166. The van der Waals surface area contributed by atoms with Crippen LogP contribution >= 0.6 is 11.3 Å². The summed E-state index contributed by atoms with van der Waals surface area (Å²) >= 11 is 1.75. The molecule has 2 aromatic heterocycles. The highest BCUT2D eigenvalue weighted by Crippen LogP contribution is 2.35. The van der Waals surface area contributed by atoms with E-state index in [-0.39, 0.29) is 5.91 Å². The summed E-state index contributed by atoms with van der Waals surface area (Å²) in [6.45, 7) is 7.26. The zero-order valence-corrected chi connectivity index (χ0v) is 22.0. The largest absolute Gasteiger partial charge is 0.497 e. The monoisotopic (exact) mass is 500 g/mol. The van der Waals surface area contributed by atoms with Crippen LogP contribution in [-0.4, -0.2) is 54.1 Å². The minimum atomic E-state index is 0.166. The number of fused-ring (bicyclic) bond motifs is 1. The molecule has 1 amide bonds. The van der Waals surface area contributed by atoms with E-state index in [0.717, 1.165) is 53.7 Å². The van der Waals surface area contributed by atoms with Gasteiger partial charge in [-0.15, -0.1) is 11.3 Å². The molecule has 1 saturated heterocycles. The van der Waals surface area contributed by atoms with Crippen molar-refractivity contribution in [2.45, 2.75) is 33.1 Å². The van der Waals surface area contributed by atoms with E-state index in [0.29, 0.717) is 19.5 Å². The number of anilines is 1. The Hall–Kier alpha value is -3.45. The fourth-order valence-electron chi connectivity index (χ4n) is 4.71. The van der Waals surface area contributed by atoms with Gasteiger partial charge in [-0.05, 0) is 49.1 Å². The summed E-state index contributed by atoms with van der Waals surface area (Å²) in [7, 11) is 1.65. The third-order valence-electron chi connectivity index (χ3n) is 6.98. The molecule has 0 bridgehead atoms. The molecule has 0 N–H and O–H groups in total. The molecule has 1 aliphatic rings. The van der Waals surface area contributed by atoms with Gasteiger partial charge in [0.25, 0.3) is 0 Å². The maximum Gasteiger partial charge on any atom is 0.227 e. The van der Waals surface area contributed by atoms with E-state index >= 15 is 0 Å². The Morgan fingerprint density at radius 2 is 1.64 bits per heavy atom. The van der Waals surface area contributed by atoms with Crippen molar-refractivity contribution in [2.24, 2.45) is 0 Å². The fraction of sp³-hybridized carbons (Fsp3) is 0.345. The highest BCUT2D eigenvalue weighted by molar-refractivity contribution is 7.18. The van der Waals surface area contributed by atoms with Crippen molar-refractivity contribution < 1.29 is 9.53 Å². The first-order valence-electron chi connectivity index (χ1n) is 12.5. The topological polar surface area (TPSA) is 58.6 Å². The first kappa shape index (κ1) is 24.3. The average Bonchev–Trinajstić information content (AvgIpc) is 3.21. The summed E-state index contributed by atoms with van der Waals surface area (Å²) in [5.41, 5.74) is 3.57. The van der Waals surface area contributed by atoms with E-state index in [1.807, 2.05) is 35.2 Å². The third kappa shape index (κ3) is 5.21. The lowest BCUT2D eigenvalue weighted by Gasteiger charge is -2.36. The second-order valence-electron chi connectivity index (χ2n) is 9.31. The predicted octanol–water partition coefficient (Wildman–Crippen LogP) is 4.99. The summed E-state index contributed by atoms with van der Waals surface area (Å²) in [5, 5.41) is 1.17. The van der Waals surface area contributed by atoms with Crippen molar-refractivity contribution >= 4 is 33.3 Å². The average molecular weight is 501 g/mol. The standard InChI is InChI=1S/C29H32N4O2S/c1-20-21(2)36-29-27(20)28(30-25(31-29)14-11-22-7-5-4-6-8-22)33-17-15-32(16-18-33)26(34)19-23-9-12-24(35-3)13-10-23/h4-10,12-13H,11,14-19H2,1-3H3. The first-order valence-corrected chi connectivity index (χ1v) is 13.3. The van der Waals surface area contributed by atoms with Gasteiger partial charge in [-0.25, -0.2) is 9.97 Å². The van der Waals surface area contributed by atoms with Crippen LogP contribution in [0, 0.1) is 13.8 Å². The number of aromatic nitrogens is 2. The normalized spacial score (nSPS) is 13.9. The Bertz CT molecular complexity index is 1340. The van der Waals surface area contributed by atoms with Crippen LogP contribution in [0.5, 0.6) is 5.75 Å². The highest BCUT2D eigenvalue weighted by atomic mass is 32.1. The lowest BCUT2D eigenvalue weighted by molar-refractivity contribution is -0.130. The summed E-state index contributed by atoms with van der Waals surface area (Å²) < 4.78 is 5.22. The Morgan fingerprint density at radius 3 is 2.33 bits per heavy atom. The highest BCUT2D eigenvalue weighted by Gasteiger charge is 2.25. The van der Waals surface area contributed by atoms with E-state index in [4.69, 9.17) is 14.7 Å². The van der Waals surface area contributed by atoms with Crippen LogP contribution in [0.25, 0.3) is 10.2 Å². The molecule has 7 heteroatoms. The van der Waals surface area contributed by atoms with Crippen LogP contribution in [0.3, 0.4) is 0 Å². The smallest absolute Gasteiger partial charge is 0.227 e. The molecule has 2 aromatic carbocycles. The number of hydrogen-bond acceptors (Lipinski definition) is 6. The zero-order chi connectivity index (χ0) is 25.1. The molecule has 0 spiro atoms. The summed E-state index contributed by atoms with van der Waals surface area (Å²) in [6.07, 6.45) is 2.14. The Labute approximate surface area is 216 Å². The van der Waals surface area contributed by atoms with E-state index in [9.17, 15) is 4.79 Å². The molecule has 4 aromatic rings. The lowest BCUT2D eigenvalue weighted by atomic mass is 10.1. The summed E-state index contributed by atoms with van der Waals surface area (Å²) in [4.78, 5) is 29.6. The molecular weight excluding hydrogens is 468 g/mol. The van der Waals surface area contributed by atoms with E-state index in [1.54, 1.807) is 18.4 Å². The number of rotatable bonds is 7. The lowest BCUT2D eigenvalue weighted by Crippen LogP contribution is -2.49. The number of carbonyl (C=O) groups excluding carboxylic acids is 1. The molecular formula is C29H32N4O2S. The van der Waals surface area contributed by atoms with Gasteiger partial charge in [0.05, 0.1) is 18.9 Å². The molecule has 0 atom stereocenters. The van der Waals surface area contributed by atoms with Gasteiger partial charge in [-0.3, -0.25) is 4.79 Å². The molecule has 6 nitrogen and oxygen atoms in total. The van der Waals surface area contributed by atoms with Crippen LogP contribution in [0.1, 0.15) is 27.4 Å². The van der Waals surface area contributed by atoms with Gasteiger partial charge in [0, 0.05) is 37.5 Å². The molecule has 0 radical (unpaired) electrons. The van der Waals surface area contributed by atoms with Gasteiger partial charge in [-0.1, -0.05) is 42.5 Å². The predicted molar refractivity (Wildman–Crippen MR) is 146 cm³/mol. The second kappa shape index (κ2) is 10.7. The van der Waals surface area contributed by atoms with Gasteiger partial charge in [0.15, 0.2) is 0 Å². The quantitative estimate of drug-likeness (QED) is 0.358. The number of aryl methyl sites for hydroxylation is 4. The number of hydrogen-bond donors (Lipinski definition) is 0. The number of methoxy groups -OCH3 is 1. The molecule has 0 saturated carbocycles. The van der Waals surface area contributed by atoms with E-state index in [2.05, 4.69) is 43.0 Å². The van der Waals surface area contributed by atoms with Crippen molar-refractivity contribution in [3.8, 4) is 5.75 Å². The summed E-state index contributed by atoms with van der Waals surface area (Å²) in [6, 6.07) is 18.2. The fourth-order valence-corrected chi connectivity index (χ4v) is 5.75. The van der Waals surface area contributed by atoms with Crippen LogP contribution in [0.4, 0.5) is 5.82 Å². The van der Waals surface area contributed by atoms with Gasteiger partial charge < -0.3 is 14.5 Å². The maximum absolute atomic E-state index is 13.0. The van der Waals surface area contributed by atoms with E-state index in [1.165, 1.54) is 21.4 Å². The number of thiophene rings is 1. The second-order valence-corrected chi connectivity index (χ2v) is 10.5. The van der Waals surface area contributed by atoms with Crippen molar-refractivity contribution in [3.05, 3.63) is 82.0 Å². The molecule has 186 valence electrons. The maximum atomic E-state index is 13.0. The number of amides is 1. The molecule has 1 fully saturated rings. The van der Waals surface area contributed by atoms with Crippen LogP contribution in [0.2, 0.25) is 0 Å². The van der Waals surface area contributed by atoms with Crippen molar-refractivity contribution in [3.63, 3.8) is 0 Å². The van der Waals surface area contributed by atoms with Crippen LogP contribution in [0.15, 0.2) is 54.6 Å². The van der Waals surface area contributed by atoms with E-state index < -0.39 is 0 Å². The van der Waals surface area contributed by atoms with Crippen LogP contribution < -0.4 is 9.64 Å². The number of nitrogens with zero attached hydrogens (tertiary/aromatic N) is 4. The van der Waals surface area contributed by atoms with Gasteiger partial charge in [-0.2, -0.15) is 0 Å².